The first-order valence-electron chi connectivity index (χ1n) is 9.24. The number of pyridine rings is 1. The Hall–Kier alpha value is -2.82. The van der Waals surface area contributed by atoms with Crippen molar-refractivity contribution in [1.82, 2.24) is 14.3 Å². The third-order valence-corrected chi connectivity index (χ3v) is 5.23. The van der Waals surface area contributed by atoms with E-state index in [1.165, 1.54) is 5.69 Å². The summed E-state index contributed by atoms with van der Waals surface area (Å²) in [6.07, 6.45) is 2.83. The standard InChI is InChI=1S/C21H24N4O/c1-3-19-16(2)25-15-17(9-10-20(25)22-19)21(26)24-13-11-23(12-14-24)18-7-5-4-6-8-18/h4-10,15H,3,11-14H2,1-2H3. The Labute approximate surface area is 153 Å². The first-order chi connectivity index (χ1) is 12.7. The van der Waals surface area contributed by atoms with Crippen molar-refractivity contribution in [1.29, 1.82) is 0 Å². The molecule has 0 saturated carbocycles. The second-order valence-corrected chi connectivity index (χ2v) is 6.76. The summed E-state index contributed by atoms with van der Waals surface area (Å²) in [4.78, 5) is 21.9. The molecular weight excluding hydrogens is 324 g/mol. The van der Waals surface area contributed by atoms with Crippen LogP contribution in [0.2, 0.25) is 0 Å². The molecule has 1 aliphatic rings. The minimum Gasteiger partial charge on any atom is -0.368 e. The number of rotatable bonds is 3. The molecule has 3 heterocycles. The summed E-state index contributed by atoms with van der Waals surface area (Å²) in [5.41, 5.74) is 5.07. The van der Waals surface area contributed by atoms with Crippen molar-refractivity contribution in [3.05, 3.63) is 65.6 Å². The zero-order chi connectivity index (χ0) is 18.1. The number of fused-ring (bicyclic) bond motifs is 1. The van der Waals surface area contributed by atoms with Gasteiger partial charge in [0.2, 0.25) is 0 Å². The highest BCUT2D eigenvalue weighted by Gasteiger charge is 2.23. The highest BCUT2D eigenvalue weighted by atomic mass is 16.2. The van der Waals surface area contributed by atoms with Gasteiger partial charge in [0.25, 0.3) is 5.91 Å². The van der Waals surface area contributed by atoms with Crippen LogP contribution >= 0.6 is 0 Å². The number of piperazine rings is 1. The number of nitrogens with zero attached hydrogens (tertiary/aromatic N) is 4. The molecule has 1 aliphatic heterocycles. The third-order valence-electron chi connectivity index (χ3n) is 5.23. The maximum absolute atomic E-state index is 12.9. The number of aromatic nitrogens is 2. The van der Waals surface area contributed by atoms with Gasteiger partial charge in [-0.15, -0.1) is 0 Å². The summed E-state index contributed by atoms with van der Waals surface area (Å²) in [7, 11) is 0. The molecule has 1 amide bonds. The van der Waals surface area contributed by atoms with Crippen LogP contribution in [0.1, 0.15) is 28.7 Å². The van der Waals surface area contributed by atoms with E-state index in [4.69, 9.17) is 0 Å². The Balaban J connectivity index is 1.50. The predicted octanol–water partition coefficient (Wildman–Crippen LogP) is 3.17. The van der Waals surface area contributed by atoms with Gasteiger partial charge in [-0.05, 0) is 37.6 Å². The Morgan fingerprint density at radius 1 is 1.04 bits per heavy atom. The van der Waals surface area contributed by atoms with Crippen LogP contribution in [0.3, 0.4) is 0 Å². The minimum absolute atomic E-state index is 0.103. The molecule has 134 valence electrons. The van der Waals surface area contributed by atoms with E-state index in [0.717, 1.165) is 55.2 Å². The van der Waals surface area contributed by atoms with Gasteiger partial charge in [-0.25, -0.2) is 4.98 Å². The lowest BCUT2D eigenvalue weighted by atomic mass is 10.2. The van der Waals surface area contributed by atoms with Crippen molar-refractivity contribution in [2.24, 2.45) is 0 Å². The average Bonchev–Trinajstić information content (AvgIpc) is 3.03. The van der Waals surface area contributed by atoms with Crippen LogP contribution in [0.5, 0.6) is 0 Å². The topological polar surface area (TPSA) is 40.9 Å². The second-order valence-electron chi connectivity index (χ2n) is 6.76. The summed E-state index contributed by atoms with van der Waals surface area (Å²) >= 11 is 0. The monoisotopic (exact) mass is 348 g/mol. The van der Waals surface area contributed by atoms with Gasteiger partial charge in [0.15, 0.2) is 0 Å². The van der Waals surface area contributed by atoms with Gasteiger partial charge in [0.05, 0.1) is 11.3 Å². The molecule has 2 aromatic heterocycles. The number of amides is 1. The van der Waals surface area contributed by atoms with Crippen LogP contribution in [0, 0.1) is 6.92 Å². The summed E-state index contributed by atoms with van der Waals surface area (Å²) < 4.78 is 2.03. The lowest BCUT2D eigenvalue weighted by molar-refractivity contribution is 0.0746. The molecule has 0 radical (unpaired) electrons. The van der Waals surface area contributed by atoms with E-state index >= 15 is 0 Å². The van der Waals surface area contributed by atoms with Crippen LogP contribution in [0.15, 0.2) is 48.7 Å². The molecular formula is C21H24N4O. The van der Waals surface area contributed by atoms with E-state index < -0.39 is 0 Å². The molecule has 0 N–H and O–H groups in total. The highest BCUT2D eigenvalue weighted by Crippen LogP contribution is 2.18. The third kappa shape index (κ3) is 2.94. The molecule has 0 unspecified atom stereocenters. The van der Waals surface area contributed by atoms with Crippen molar-refractivity contribution < 1.29 is 4.79 Å². The molecule has 3 aromatic rings. The van der Waals surface area contributed by atoms with Crippen molar-refractivity contribution >= 4 is 17.2 Å². The maximum atomic E-state index is 12.9. The van der Waals surface area contributed by atoms with Crippen molar-refractivity contribution in [3.8, 4) is 0 Å². The fourth-order valence-electron chi connectivity index (χ4n) is 3.66. The van der Waals surface area contributed by atoms with Gasteiger partial charge in [-0.2, -0.15) is 0 Å². The van der Waals surface area contributed by atoms with Crippen LogP contribution in [0.4, 0.5) is 5.69 Å². The normalized spacial score (nSPS) is 14.8. The number of para-hydroxylation sites is 1. The van der Waals surface area contributed by atoms with Crippen molar-refractivity contribution in [2.75, 3.05) is 31.1 Å². The summed E-state index contributed by atoms with van der Waals surface area (Å²) in [6.45, 7) is 7.38. The SMILES string of the molecule is CCc1nc2ccc(C(=O)N3CCN(c4ccccc4)CC3)cn2c1C. The number of benzene rings is 1. The van der Waals surface area contributed by atoms with Gasteiger partial charge in [-0.1, -0.05) is 25.1 Å². The first-order valence-corrected chi connectivity index (χ1v) is 9.24. The molecule has 5 nitrogen and oxygen atoms in total. The van der Waals surface area contributed by atoms with E-state index in [1.807, 2.05) is 33.7 Å². The van der Waals surface area contributed by atoms with Gasteiger partial charge in [-0.3, -0.25) is 4.79 Å². The van der Waals surface area contributed by atoms with Gasteiger partial charge in [0, 0.05) is 43.8 Å². The van der Waals surface area contributed by atoms with Crippen LogP contribution < -0.4 is 4.90 Å². The molecule has 4 rings (SSSR count). The fourth-order valence-corrected chi connectivity index (χ4v) is 3.66. The number of aryl methyl sites for hydroxylation is 2. The second kappa shape index (κ2) is 6.83. The summed E-state index contributed by atoms with van der Waals surface area (Å²) in [5.74, 6) is 0.103. The zero-order valence-corrected chi connectivity index (χ0v) is 15.4. The number of hydrogen-bond acceptors (Lipinski definition) is 3. The van der Waals surface area contributed by atoms with E-state index in [0.29, 0.717) is 0 Å². The largest absolute Gasteiger partial charge is 0.368 e. The lowest BCUT2D eigenvalue weighted by Gasteiger charge is -2.36. The molecule has 0 spiro atoms. The Bertz CT molecular complexity index is 924. The molecule has 5 heteroatoms. The summed E-state index contributed by atoms with van der Waals surface area (Å²) in [5, 5.41) is 0. The van der Waals surface area contributed by atoms with Crippen LogP contribution in [0.25, 0.3) is 5.65 Å². The Morgan fingerprint density at radius 3 is 2.46 bits per heavy atom. The summed E-state index contributed by atoms with van der Waals surface area (Å²) in [6, 6.07) is 14.2. The fraction of sp³-hybridized carbons (Fsp3) is 0.333. The van der Waals surface area contributed by atoms with Gasteiger partial charge < -0.3 is 14.2 Å². The van der Waals surface area contributed by atoms with Crippen molar-refractivity contribution in [2.45, 2.75) is 20.3 Å². The minimum atomic E-state index is 0.103. The predicted molar refractivity (Wildman–Crippen MR) is 104 cm³/mol. The van der Waals surface area contributed by atoms with Crippen molar-refractivity contribution in [3.63, 3.8) is 0 Å². The Morgan fingerprint density at radius 2 is 1.77 bits per heavy atom. The van der Waals surface area contributed by atoms with Crippen LogP contribution in [-0.4, -0.2) is 46.4 Å². The maximum Gasteiger partial charge on any atom is 0.255 e. The number of carbonyl (C=O) groups is 1. The smallest absolute Gasteiger partial charge is 0.255 e. The molecule has 1 fully saturated rings. The molecule has 1 aromatic carbocycles. The highest BCUT2D eigenvalue weighted by molar-refractivity contribution is 5.94. The molecule has 0 bridgehead atoms. The average molecular weight is 348 g/mol. The van der Waals surface area contributed by atoms with Gasteiger partial charge in [0.1, 0.15) is 5.65 Å². The van der Waals surface area contributed by atoms with Crippen LogP contribution in [-0.2, 0) is 6.42 Å². The van der Waals surface area contributed by atoms with E-state index in [9.17, 15) is 4.79 Å². The molecule has 1 saturated heterocycles. The molecule has 26 heavy (non-hydrogen) atoms. The number of imidazole rings is 1. The Kier molecular flexibility index (Phi) is 4.37. The number of carbonyl (C=O) groups excluding carboxylic acids is 1. The number of hydrogen-bond donors (Lipinski definition) is 0. The van der Waals surface area contributed by atoms with Gasteiger partial charge >= 0.3 is 0 Å². The lowest BCUT2D eigenvalue weighted by Crippen LogP contribution is -2.48. The van der Waals surface area contributed by atoms with E-state index in [1.54, 1.807) is 0 Å². The zero-order valence-electron chi connectivity index (χ0n) is 15.4. The van der Waals surface area contributed by atoms with E-state index in [-0.39, 0.29) is 5.91 Å². The quantitative estimate of drug-likeness (QED) is 0.730. The number of anilines is 1. The molecule has 0 atom stereocenters. The van der Waals surface area contributed by atoms with E-state index in [2.05, 4.69) is 48.0 Å². The molecule has 0 aliphatic carbocycles. The first kappa shape index (κ1) is 16.6.